The zero-order valence-electron chi connectivity index (χ0n) is 15.8. The molecule has 1 N–H and O–H groups in total. The van der Waals surface area contributed by atoms with Crippen LogP contribution in [0.3, 0.4) is 0 Å². The van der Waals surface area contributed by atoms with Gasteiger partial charge in [0.05, 0.1) is 21.4 Å². The number of aromatic nitrogens is 4. The van der Waals surface area contributed by atoms with Crippen LogP contribution in [0.1, 0.15) is 29.0 Å². The van der Waals surface area contributed by atoms with Gasteiger partial charge in [-0.05, 0) is 37.8 Å². The number of nitrogens with one attached hydrogen (secondary N) is 1. The Labute approximate surface area is 172 Å². The Kier molecular flexibility index (Phi) is 4.28. The maximum absolute atomic E-state index is 13.3. The van der Waals surface area contributed by atoms with Crippen molar-refractivity contribution in [1.82, 2.24) is 24.7 Å². The van der Waals surface area contributed by atoms with E-state index in [1.54, 1.807) is 9.91 Å². The number of carbonyl (C=O) groups excluding carboxylic acids is 1. The van der Waals surface area contributed by atoms with Gasteiger partial charge in [0.2, 0.25) is 0 Å². The number of fused-ring (bicyclic) bond motifs is 2. The Balaban J connectivity index is 1.57. The molecule has 10 heteroatoms. The molecule has 30 heavy (non-hydrogen) atoms. The van der Waals surface area contributed by atoms with Gasteiger partial charge in [0, 0.05) is 11.3 Å². The van der Waals surface area contributed by atoms with Gasteiger partial charge in [0.25, 0.3) is 5.91 Å². The summed E-state index contributed by atoms with van der Waals surface area (Å²) in [6.07, 6.45) is -2.19. The lowest BCUT2D eigenvalue weighted by molar-refractivity contribution is -0.158. The summed E-state index contributed by atoms with van der Waals surface area (Å²) in [6.45, 7) is 1.82. The van der Waals surface area contributed by atoms with Crippen LogP contribution in [-0.2, 0) is 0 Å². The molecule has 6 nitrogen and oxygen atoms in total. The number of hydrogen-bond acceptors (Lipinski definition) is 5. The molecule has 0 aliphatic heterocycles. The molecule has 0 saturated heterocycles. The topological polar surface area (TPSA) is 72.2 Å². The molecule has 3 heterocycles. The smallest absolute Gasteiger partial charge is 0.339 e. The predicted molar refractivity (Wildman–Crippen MR) is 106 cm³/mol. The van der Waals surface area contributed by atoms with Crippen molar-refractivity contribution < 1.29 is 18.0 Å². The van der Waals surface area contributed by atoms with Crippen molar-refractivity contribution in [1.29, 1.82) is 0 Å². The number of amides is 1. The number of imidazole rings is 1. The monoisotopic (exact) mass is 431 g/mol. The van der Waals surface area contributed by atoms with E-state index in [2.05, 4.69) is 20.3 Å². The summed E-state index contributed by atoms with van der Waals surface area (Å²) in [4.78, 5) is 25.7. The molecule has 4 aromatic rings. The first kappa shape index (κ1) is 19.0. The largest absolute Gasteiger partial charge is 0.408 e. The van der Waals surface area contributed by atoms with Crippen LogP contribution in [0.5, 0.6) is 0 Å². The summed E-state index contributed by atoms with van der Waals surface area (Å²) in [7, 11) is 0. The van der Waals surface area contributed by atoms with E-state index < -0.39 is 24.0 Å². The summed E-state index contributed by atoms with van der Waals surface area (Å²) >= 11 is 1.50. The number of carbonyl (C=O) groups is 1. The van der Waals surface area contributed by atoms with Crippen molar-refractivity contribution >= 4 is 33.1 Å². The summed E-state index contributed by atoms with van der Waals surface area (Å²) in [5, 5.41) is 2.13. The third-order valence-corrected chi connectivity index (χ3v) is 6.07. The van der Waals surface area contributed by atoms with Crippen LogP contribution in [0, 0.1) is 12.8 Å². The normalized spacial score (nSPS) is 15.6. The van der Waals surface area contributed by atoms with Crippen molar-refractivity contribution in [2.75, 3.05) is 0 Å². The maximum atomic E-state index is 13.3. The number of alkyl halides is 3. The highest BCUT2D eigenvalue weighted by molar-refractivity contribution is 7.16. The van der Waals surface area contributed by atoms with Crippen molar-refractivity contribution in [2.24, 2.45) is 5.92 Å². The molecule has 1 aliphatic carbocycles. The SMILES string of the molecule is Cc1cc(-c2cccc3scnc23)nc2c(C(=O)NC(C3CC3)C(F)(F)F)ncn12. The number of hydrogen-bond donors (Lipinski definition) is 1. The van der Waals surface area contributed by atoms with E-state index in [0.717, 1.165) is 21.5 Å². The summed E-state index contributed by atoms with van der Waals surface area (Å²) in [5.74, 6) is -1.45. The molecule has 1 atom stereocenters. The molecule has 154 valence electrons. The summed E-state index contributed by atoms with van der Waals surface area (Å²) in [5.41, 5.74) is 4.75. The average Bonchev–Trinajstić information content (AvgIpc) is 3.23. The lowest BCUT2D eigenvalue weighted by atomic mass is 10.1. The van der Waals surface area contributed by atoms with E-state index in [-0.39, 0.29) is 11.3 Å². The molecule has 3 aromatic heterocycles. The fourth-order valence-corrected chi connectivity index (χ4v) is 4.32. The Hall–Kier alpha value is -3.01. The lowest BCUT2D eigenvalue weighted by Gasteiger charge is -2.20. The predicted octanol–water partition coefficient (Wildman–Crippen LogP) is 4.39. The molecule has 0 spiro atoms. The van der Waals surface area contributed by atoms with Crippen LogP contribution in [0.2, 0.25) is 0 Å². The van der Waals surface area contributed by atoms with Crippen LogP contribution in [0.25, 0.3) is 27.1 Å². The third kappa shape index (κ3) is 3.20. The second kappa shape index (κ2) is 6.76. The van der Waals surface area contributed by atoms with E-state index in [9.17, 15) is 18.0 Å². The first-order valence-electron chi connectivity index (χ1n) is 9.38. The van der Waals surface area contributed by atoms with Gasteiger partial charge in [-0.1, -0.05) is 12.1 Å². The van der Waals surface area contributed by atoms with Gasteiger partial charge >= 0.3 is 6.18 Å². The Bertz CT molecular complexity index is 1270. The molecular weight excluding hydrogens is 415 g/mol. The van der Waals surface area contributed by atoms with Gasteiger partial charge in [0.1, 0.15) is 12.4 Å². The molecule has 1 unspecified atom stereocenters. The Morgan fingerprint density at radius 1 is 1.30 bits per heavy atom. The Morgan fingerprint density at radius 2 is 2.10 bits per heavy atom. The molecule has 1 amide bonds. The van der Waals surface area contributed by atoms with E-state index in [1.165, 1.54) is 17.7 Å². The van der Waals surface area contributed by atoms with E-state index in [0.29, 0.717) is 18.5 Å². The van der Waals surface area contributed by atoms with Gasteiger partial charge in [-0.15, -0.1) is 11.3 Å². The van der Waals surface area contributed by atoms with Gasteiger partial charge < -0.3 is 5.32 Å². The van der Waals surface area contributed by atoms with Crippen LogP contribution >= 0.6 is 11.3 Å². The number of halogens is 3. The molecule has 1 aromatic carbocycles. The van der Waals surface area contributed by atoms with Crippen molar-refractivity contribution in [3.8, 4) is 11.3 Å². The zero-order chi connectivity index (χ0) is 21.0. The second-order valence-electron chi connectivity index (χ2n) is 7.40. The van der Waals surface area contributed by atoms with Gasteiger partial charge in [-0.2, -0.15) is 13.2 Å². The van der Waals surface area contributed by atoms with Crippen LogP contribution in [-0.4, -0.2) is 37.5 Å². The average molecular weight is 431 g/mol. The lowest BCUT2D eigenvalue weighted by Crippen LogP contribution is -2.47. The standard InChI is InChI=1S/C20H16F3N5OS/c1-10-7-13(12-3-2-4-14-15(12)25-9-30-14)26-18-16(24-8-28(10)18)19(29)27-17(11-5-6-11)20(21,22)23/h2-4,7-9,11,17H,5-6H2,1H3,(H,27,29). The molecule has 1 saturated carbocycles. The highest BCUT2D eigenvalue weighted by atomic mass is 32.1. The number of rotatable bonds is 4. The first-order valence-corrected chi connectivity index (χ1v) is 10.3. The fourth-order valence-electron chi connectivity index (χ4n) is 3.62. The number of thiazole rings is 1. The highest BCUT2D eigenvalue weighted by Crippen LogP contribution is 2.40. The zero-order valence-corrected chi connectivity index (χ0v) is 16.6. The molecule has 0 bridgehead atoms. The minimum Gasteiger partial charge on any atom is -0.339 e. The van der Waals surface area contributed by atoms with Crippen LogP contribution < -0.4 is 5.32 Å². The first-order chi connectivity index (χ1) is 14.3. The van der Waals surface area contributed by atoms with Gasteiger partial charge in [0.15, 0.2) is 11.3 Å². The van der Waals surface area contributed by atoms with E-state index >= 15 is 0 Å². The van der Waals surface area contributed by atoms with Crippen molar-refractivity contribution in [2.45, 2.75) is 32.0 Å². The third-order valence-electron chi connectivity index (χ3n) is 5.28. The number of para-hydroxylation sites is 1. The number of aryl methyl sites for hydroxylation is 1. The number of nitrogens with zero attached hydrogens (tertiary/aromatic N) is 4. The maximum Gasteiger partial charge on any atom is 0.408 e. The number of benzene rings is 1. The minimum absolute atomic E-state index is 0.125. The molecular formula is C20H16F3N5OS. The molecule has 1 fully saturated rings. The summed E-state index contributed by atoms with van der Waals surface area (Å²) < 4.78 is 42.6. The van der Waals surface area contributed by atoms with Crippen molar-refractivity contribution in [3.05, 3.63) is 47.5 Å². The van der Waals surface area contributed by atoms with Crippen molar-refractivity contribution in [3.63, 3.8) is 0 Å². The van der Waals surface area contributed by atoms with Gasteiger partial charge in [-0.3, -0.25) is 9.20 Å². The highest BCUT2D eigenvalue weighted by Gasteiger charge is 2.50. The minimum atomic E-state index is -4.50. The molecule has 0 radical (unpaired) electrons. The Morgan fingerprint density at radius 3 is 2.83 bits per heavy atom. The molecule has 5 rings (SSSR count). The van der Waals surface area contributed by atoms with Gasteiger partial charge in [-0.25, -0.2) is 15.0 Å². The molecule has 1 aliphatic rings. The second-order valence-corrected chi connectivity index (χ2v) is 8.29. The summed E-state index contributed by atoms with van der Waals surface area (Å²) in [6, 6.07) is 5.70. The quantitative estimate of drug-likeness (QED) is 0.520. The van der Waals surface area contributed by atoms with E-state index in [4.69, 9.17) is 0 Å². The van der Waals surface area contributed by atoms with Crippen LogP contribution in [0.15, 0.2) is 36.1 Å². The van der Waals surface area contributed by atoms with E-state index in [1.807, 2.05) is 31.2 Å². The fraction of sp³-hybridized carbons (Fsp3) is 0.300. The van der Waals surface area contributed by atoms with Crippen LogP contribution in [0.4, 0.5) is 13.2 Å².